The minimum Gasteiger partial charge on any atom is -0.268 e. The van der Waals surface area contributed by atoms with Crippen LogP contribution in [0, 0.1) is 6.92 Å². The molecule has 0 saturated carbocycles. The molecule has 70 valence electrons. The molecule has 1 aromatic rings. The van der Waals surface area contributed by atoms with Crippen molar-refractivity contribution in [2.45, 2.75) is 25.8 Å². The van der Waals surface area contributed by atoms with Gasteiger partial charge in [-0.15, -0.1) is 0 Å². The fourth-order valence-electron chi connectivity index (χ4n) is 2.02. The lowest BCUT2D eigenvalue weighted by Gasteiger charge is -2.19. The first-order valence-electron chi connectivity index (χ1n) is 4.85. The first-order chi connectivity index (χ1) is 6.27. The van der Waals surface area contributed by atoms with Crippen molar-refractivity contribution >= 4 is 0 Å². The average Bonchev–Trinajstić information content (AvgIpc) is 2.51. The van der Waals surface area contributed by atoms with Crippen LogP contribution in [0.5, 0.6) is 0 Å². The Labute approximate surface area is 79.3 Å². The van der Waals surface area contributed by atoms with E-state index in [9.17, 15) is 0 Å². The Kier molecular flexibility index (Phi) is 2.34. The largest absolute Gasteiger partial charge is 0.268 e. The van der Waals surface area contributed by atoms with Crippen molar-refractivity contribution in [1.82, 2.24) is 5.01 Å². The van der Waals surface area contributed by atoms with Gasteiger partial charge in [0.2, 0.25) is 0 Å². The van der Waals surface area contributed by atoms with Crippen LogP contribution in [0.25, 0.3) is 0 Å². The van der Waals surface area contributed by atoms with E-state index in [2.05, 4.69) is 31.2 Å². The molecule has 1 aromatic carbocycles. The van der Waals surface area contributed by atoms with Crippen LogP contribution in [0.3, 0.4) is 0 Å². The zero-order valence-electron chi connectivity index (χ0n) is 8.03. The first kappa shape index (κ1) is 8.73. The molecule has 0 bridgehead atoms. The van der Waals surface area contributed by atoms with Gasteiger partial charge in [0, 0.05) is 12.6 Å². The molecule has 2 rings (SSSR count). The molecule has 0 amide bonds. The van der Waals surface area contributed by atoms with E-state index in [1.54, 1.807) is 0 Å². The highest BCUT2D eigenvalue weighted by Gasteiger charge is 2.22. The van der Waals surface area contributed by atoms with E-state index in [1.807, 2.05) is 5.01 Å². The number of nitrogens with two attached hydrogens (primary N) is 1. The molecule has 1 saturated heterocycles. The molecule has 0 spiro atoms. The number of hydrazine groups is 1. The van der Waals surface area contributed by atoms with Gasteiger partial charge in [0.1, 0.15) is 0 Å². The van der Waals surface area contributed by atoms with Crippen LogP contribution in [0.1, 0.15) is 30.0 Å². The maximum absolute atomic E-state index is 5.89. The van der Waals surface area contributed by atoms with Crippen molar-refractivity contribution in [3.8, 4) is 0 Å². The minimum absolute atomic E-state index is 0.444. The molecule has 2 nitrogen and oxygen atoms in total. The Morgan fingerprint density at radius 2 is 2.31 bits per heavy atom. The summed E-state index contributed by atoms with van der Waals surface area (Å²) in [6.07, 6.45) is 2.41. The smallest absolute Gasteiger partial charge is 0.0491 e. The van der Waals surface area contributed by atoms with E-state index >= 15 is 0 Å². The van der Waals surface area contributed by atoms with Crippen molar-refractivity contribution < 1.29 is 0 Å². The van der Waals surface area contributed by atoms with E-state index in [0.29, 0.717) is 6.04 Å². The van der Waals surface area contributed by atoms with Gasteiger partial charge in [0.15, 0.2) is 0 Å². The van der Waals surface area contributed by atoms with Gasteiger partial charge in [-0.05, 0) is 25.3 Å². The van der Waals surface area contributed by atoms with Crippen molar-refractivity contribution in [1.29, 1.82) is 0 Å². The molecule has 0 aromatic heterocycles. The van der Waals surface area contributed by atoms with E-state index in [4.69, 9.17) is 5.84 Å². The number of hydrogen-bond acceptors (Lipinski definition) is 2. The van der Waals surface area contributed by atoms with Crippen molar-refractivity contribution in [3.63, 3.8) is 0 Å². The SMILES string of the molecule is Cc1cccc([C@@H]2CCCN2N)c1. The Bertz CT molecular complexity index is 296. The second kappa shape index (κ2) is 3.48. The molecule has 1 atom stereocenters. The Hall–Kier alpha value is -0.860. The summed E-state index contributed by atoms with van der Waals surface area (Å²) in [6, 6.07) is 9.08. The minimum atomic E-state index is 0.444. The number of aryl methyl sites for hydroxylation is 1. The van der Waals surface area contributed by atoms with E-state index in [0.717, 1.165) is 6.54 Å². The molecule has 1 aliphatic heterocycles. The lowest BCUT2D eigenvalue weighted by molar-refractivity contribution is 0.266. The van der Waals surface area contributed by atoms with Gasteiger partial charge in [-0.1, -0.05) is 29.8 Å². The molecule has 2 heteroatoms. The maximum Gasteiger partial charge on any atom is 0.0491 e. The van der Waals surface area contributed by atoms with Crippen LogP contribution in [0.15, 0.2) is 24.3 Å². The van der Waals surface area contributed by atoms with Gasteiger partial charge >= 0.3 is 0 Å². The summed E-state index contributed by atoms with van der Waals surface area (Å²) < 4.78 is 0. The van der Waals surface area contributed by atoms with Crippen molar-refractivity contribution in [3.05, 3.63) is 35.4 Å². The summed E-state index contributed by atoms with van der Waals surface area (Å²) >= 11 is 0. The fraction of sp³-hybridized carbons (Fsp3) is 0.455. The second-order valence-electron chi connectivity index (χ2n) is 3.81. The highest BCUT2D eigenvalue weighted by Crippen LogP contribution is 2.29. The van der Waals surface area contributed by atoms with Gasteiger partial charge < -0.3 is 0 Å². The summed E-state index contributed by atoms with van der Waals surface area (Å²) in [5, 5.41) is 1.95. The topological polar surface area (TPSA) is 29.3 Å². The Morgan fingerprint density at radius 3 is 2.92 bits per heavy atom. The number of benzene rings is 1. The summed E-state index contributed by atoms with van der Waals surface area (Å²) in [6.45, 7) is 3.15. The number of nitrogens with zero attached hydrogens (tertiary/aromatic N) is 1. The first-order valence-corrected chi connectivity index (χ1v) is 4.85. The predicted octanol–water partition coefficient (Wildman–Crippen LogP) is 2.01. The molecule has 1 fully saturated rings. The number of hydrogen-bond donors (Lipinski definition) is 1. The molecule has 0 radical (unpaired) electrons. The van der Waals surface area contributed by atoms with Gasteiger partial charge in [0.25, 0.3) is 0 Å². The average molecular weight is 176 g/mol. The molecular weight excluding hydrogens is 160 g/mol. The molecule has 0 unspecified atom stereocenters. The highest BCUT2D eigenvalue weighted by molar-refractivity contribution is 5.25. The molecule has 1 heterocycles. The maximum atomic E-state index is 5.89. The monoisotopic (exact) mass is 176 g/mol. The summed E-state index contributed by atoms with van der Waals surface area (Å²) in [5.74, 6) is 5.89. The van der Waals surface area contributed by atoms with E-state index < -0.39 is 0 Å². The van der Waals surface area contributed by atoms with Gasteiger partial charge in [0.05, 0.1) is 0 Å². The van der Waals surface area contributed by atoms with Crippen LogP contribution in [-0.2, 0) is 0 Å². The second-order valence-corrected chi connectivity index (χ2v) is 3.81. The van der Waals surface area contributed by atoms with Crippen LogP contribution in [0.2, 0.25) is 0 Å². The normalized spacial score (nSPS) is 23.7. The van der Waals surface area contributed by atoms with Gasteiger partial charge in [-0.3, -0.25) is 5.84 Å². The molecule has 1 aliphatic rings. The van der Waals surface area contributed by atoms with Crippen LogP contribution >= 0.6 is 0 Å². The Balaban J connectivity index is 2.24. The summed E-state index contributed by atoms with van der Waals surface area (Å²) in [4.78, 5) is 0. The van der Waals surface area contributed by atoms with Crippen LogP contribution in [0.4, 0.5) is 0 Å². The van der Waals surface area contributed by atoms with Crippen molar-refractivity contribution in [2.24, 2.45) is 5.84 Å². The standard InChI is InChI=1S/C11H16N2/c1-9-4-2-5-10(8-9)11-6-3-7-13(11)12/h2,4-5,8,11H,3,6-7,12H2,1H3/t11-/m0/s1. The van der Waals surface area contributed by atoms with E-state index in [1.165, 1.54) is 24.0 Å². The third kappa shape index (κ3) is 1.74. The summed E-state index contributed by atoms with van der Waals surface area (Å²) in [7, 11) is 0. The lowest BCUT2D eigenvalue weighted by atomic mass is 10.0. The predicted molar refractivity (Wildman–Crippen MR) is 54.0 cm³/mol. The third-order valence-electron chi connectivity index (χ3n) is 2.72. The van der Waals surface area contributed by atoms with Crippen LogP contribution in [-0.4, -0.2) is 11.6 Å². The van der Waals surface area contributed by atoms with Crippen LogP contribution < -0.4 is 5.84 Å². The van der Waals surface area contributed by atoms with Crippen molar-refractivity contribution in [2.75, 3.05) is 6.54 Å². The van der Waals surface area contributed by atoms with E-state index in [-0.39, 0.29) is 0 Å². The number of rotatable bonds is 1. The highest BCUT2D eigenvalue weighted by atomic mass is 15.4. The Morgan fingerprint density at radius 1 is 1.46 bits per heavy atom. The van der Waals surface area contributed by atoms with Gasteiger partial charge in [-0.25, -0.2) is 5.01 Å². The molecule has 13 heavy (non-hydrogen) atoms. The zero-order chi connectivity index (χ0) is 9.26. The summed E-state index contributed by atoms with van der Waals surface area (Å²) in [5.41, 5.74) is 2.68. The van der Waals surface area contributed by atoms with Gasteiger partial charge in [-0.2, -0.15) is 0 Å². The third-order valence-corrected chi connectivity index (χ3v) is 2.72. The molecule has 0 aliphatic carbocycles. The zero-order valence-corrected chi connectivity index (χ0v) is 8.03. The lowest BCUT2D eigenvalue weighted by Crippen LogP contribution is -2.30. The molecule has 2 N–H and O–H groups in total. The quantitative estimate of drug-likeness (QED) is 0.663. The fourth-order valence-corrected chi connectivity index (χ4v) is 2.02. The molecular formula is C11H16N2.